The lowest BCUT2D eigenvalue weighted by Gasteiger charge is -2.22. The second-order valence-electron chi connectivity index (χ2n) is 4.06. The second-order valence-corrected chi connectivity index (χ2v) is 4.06. The number of β-amino-alcohol motifs (C(OH)–C–C–N with tert-alkyl or cyclic N) is 1. The number of hydrogen-bond donors (Lipinski definition) is 2. The van der Waals surface area contributed by atoms with Gasteiger partial charge in [0.25, 0.3) is 0 Å². The standard InChI is InChI=1S/C12H18N2O/c13-7-5-11(15)9-14-8-6-10-3-1-2-4-12(10)14/h1-4,11,15H,5-9,13H2. The molecule has 82 valence electrons. The van der Waals surface area contributed by atoms with Crippen LogP contribution in [0.5, 0.6) is 0 Å². The summed E-state index contributed by atoms with van der Waals surface area (Å²) < 4.78 is 0. The fraction of sp³-hybridized carbons (Fsp3) is 0.500. The van der Waals surface area contributed by atoms with Gasteiger partial charge in [0.1, 0.15) is 0 Å². The Morgan fingerprint density at radius 2 is 2.20 bits per heavy atom. The Balaban J connectivity index is 2.01. The molecule has 0 saturated carbocycles. The van der Waals surface area contributed by atoms with E-state index in [1.165, 1.54) is 11.3 Å². The summed E-state index contributed by atoms with van der Waals surface area (Å²) in [6, 6.07) is 8.40. The van der Waals surface area contributed by atoms with Gasteiger partial charge in [0, 0.05) is 18.8 Å². The van der Waals surface area contributed by atoms with E-state index >= 15 is 0 Å². The van der Waals surface area contributed by atoms with Crippen LogP contribution in [0.3, 0.4) is 0 Å². The summed E-state index contributed by atoms with van der Waals surface area (Å²) in [6.07, 6.45) is 1.46. The van der Waals surface area contributed by atoms with Crippen LogP contribution in [0.1, 0.15) is 12.0 Å². The molecule has 0 bridgehead atoms. The molecule has 0 spiro atoms. The number of hydrogen-bond acceptors (Lipinski definition) is 3. The monoisotopic (exact) mass is 206 g/mol. The largest absolute Gasteiger partial charge is 0.391 e. The predicted octanol–water partition coefficient (Wildman–Crippen LogP) is 0.759. The van der Waals surface area contributed by atoms with Crippen LogP contribution in [0.15, 0.2) is 24.3 Å². The molecule has 0 amide bonds. The average Bonchev–Trinajstić information content (AvgIpc) is 2.62. The van der Waals surface area contributed by atoms with Gasteiger partial charge in [0.2, 0.25) is 0 Å². The lowest BCUT2D eigenvalue weighted by Crippen LogP contribution is -2.32. The minimum Gasteiger partial charge on any atom is -0.391 e. The van der Waals surface area contributed by atoms with Gasteiger partial charge in [-0.3, -0.25) is 0 Å². The predicted molar refractivity (Wildman–Crippen MR) is 62.0 cm³/mol. The highest BCUT2D eigenvalue weighted by Crippen LogP contribution is 2.27. The van der Waals surface area contributed by atoms with Crippen LogP contribution < -0.4 is 10.6 Å². The lowest BCUT2D eigenvalue weighted by molar-refractivity contribution is 0.173. The highest BCUT2D eigenvalue weighted by atomic mass is 16.3. The van der Waals surface area contributed by atoms with Crippen molar-refractivity contribution in [2.24, 2.45) is 5.73 Å². The van der Waals surface area contributed by atoms with Crippen LogP contribution in [-0.2, 0) is 6.42 Å². The highest BCUT2D eigenvalue weighted by Gasteiger charge is 2.20. The van der Waals surface area contributed by atoms with Gasteiger partial charge < -0.3 is 15.7 Å². The molecule has 0 fully saturated rings. The van der Waals surface area contributed by atoms with Crippen molar-refractivity contribution in [2.45, 2.75) is 18.9 Å². The zero-order valence-electron chi connectivity index (χ0n) is 8.89. The third-order valence-electron chi connectivity index (χ3n) is 2.91. The SMILES string of the molecule is NCCC(O)CN1CCc2ccccc21. The summed E-state index contributed by atoms with van der Waals surface area (Å²) in [5.41, 5.74) is 8.08. The highest BCUT2D eigenvalue weighted by molar-refractivity contribution is 5.57. The van der Waals surface area contributed by atoms with Crippen LogP contribution in [0, 0.1) is 0 Å². The van der Waals surface area contributed by atoms with Gasteiger partial charge in [-0.2, -0.15) is 0 Å². The normalized spacial score (nSPS) is 16.5. The van der Waals surface area contributed by atoms with E-state index in [-0.39, 0.29) is 6.10 Å². The third kappa shape index (κ3) is 2.30. The minimum atomic E-state index is -0.304. The summed E-state index contributed by atoms with van der Waals surface area (Å²) in [4.78, 5) is 2.25. The van der Waals surface area contributed by atoms with Crippen molar-refractivity contribution in [3.63, 3.8) is 0 Å². The molecule has 1 aliphatic rings. The van der Waals surface area contributed by atoms with E-state index in [2.05, 4.69) is 23.1 Å². The summed E-state index contributed by atoms with van der Waals surface area (Å²) in [5, 5.41) is 9.71. The first-order valence-corrected chi connectivity index (χ1v) is 5.52. The minimum absolute atomic E-state index is 0.304. The van der Waals surface area contributed by atoms with Gasteiger partial charge in [0.15, 0.2) is 0 Å². The maximum absolute atomic E-state index is 9.71. The average molecular weight is 206 g/mol. The van der Waals surface area contributed by atoms with Crippen LogP contribution >= 0.6 is 0 Å². The number of nitrogens with two attached hydrogens (primary N) is 1. The molecule has 0 saturated heterocycles. The number of nitrogens with zero attached hydrogens (tertiary/aromatic N) is 1. The van der Waals surface area contributed by atoms with E-state index in [4.69, 9.17) is 5.73 Å². The maximum atomic E-state index is 9.71. The van der Waals surface area contributed by atoms with E-state index in [0.29, 0.717) is 19.5 Å². The Morgan fingerprint density at radius 1 is 1.40 bits per heavy atom. The topological polar surface area (TPSA) is 49.5 Å². The molecule has 1 heterocycles. The zero-order chi connectivity index (χ0) is 10.7. The van der Waals surface area contributed by atoms with Crippen molar-refractivity contribution in [3.05, 3.63) is 29.8 Å². The third-order valence-corrected chi connectivity index (χ3v) is 2.91. The smallest absolute Gasteiger partial charge is 0.0727 e. The summed E-state index contributed by atoms with van der Waals surface area (Å²) >= 11 is 0. The van der Waals surface area contributed by atoms with Gasteiger partial charge in [-0.25, -0.2) is 0 Å². The molecule has 3 heteroatoms. The number of anilines is 1. The van der Waals surface area contributed by atoms with Crippen LogP contribution in [-0.4, -0.2) is 30.8 Å². The Hall–Kier alpha value is -1.06. The van der Waals surface area contributed by atoms with E-state index in [1.54, 1.807) is 0 Å². The molecule has 1 atom stereocenters. The van der Waals surface area contributed by atoms with Crippen molar-refractivity contribution in [1.29, 1.82) is 0 Å². The van der Waals surface area contributed by atoms with Crippen LogP contribution in [0.25, 0.3) is 0 Å². The lowest BCUT2D eigenvalue weighted by atomic mass is 10.2. The number of para-hydroxylation sites is 1. The number of aliphatic hydroxyl groups excluding tert-OH is 1. The summed E-state index contributed by atoms with van der Waals surface area (Å²) in [7, 11) is 0. The second kappa shape index (κ2) is 4.64. The summed E-state index contributed by atoms with van der Waals surface area (Å²) in [6.45, 7) is 2.27. The first-order chi connectivity index (χ1) is 7.31. The molecule has 0 aromatic heterocycles. The van der Waals surface area contributed by atoms with E-state index in [0.717, 1.165) is 13.0 Å². The molecule has 1 aromatic rings. The molecule has 1 aromatic carbocycles. The number of fused-ring (bicyclic) bond motifs is 1. The van der Waals surface area contributed by atoms with Crippen molar-refractivity contribution >= 4 is 5.69 Å². The van der Waals surface area contributed by atoms with Gasteiger partial charge in [-0.15, -0.1) is 0 Å². The number of benzene rings is 1. The fourth-order valence-electron chi connectivity index (χ4n) is 2.13. The fourth-order valence-corrected chi connectivity index (χ4v) is 2.13. The van der Waals surface area contributed by atoms with Crippen LogP contribution in [0.4, 0.5) is 5.69 Å². The van der Waals surface area contributed by atoms with E-state index < -0.39 is 0 Å². The van der Waals surface area contributed by atoms with Crippen molar-refractivity contribution < 1.29 is 5.11 Å². The molecule has 3 nitrogen and oxygen atoms in total. The van der Waals surface area contributed by atoms with E-state index in [9.17, 15) is 5.11 Å². The summed E-state index contributed by atoms with van der Waals surface area (Å²) in [5.74, 6) is 0. The maximum Gasteiger partial charge on any atom is 0.0727 e. The molecule has 15 heavy (non-hydrogen) atoms. The Labute approximate surface area is 90.5 Å². The molecule has 2 rings (SSSR count). The molecular formula is C12H18N2O. The quantitative estimate of drug-likeness (QED) is 0.764. The first-order valence-electron chi connectivity index (χ1n) is 5.52. The first kappa shape index (κ1) is 10.5. The van der Waals surface area contributed by atoms with Crippen molar-refractivity contribution in [2.75, 3.05) is 24.5 Å². The van der Waals surface area contributed by atoms with Gasteiger partial charge in [-0.1, -0.05) is 18.2 Å². The van der Waals surface area contributed by atoms with Gasteiger partial charge >= 0.3 is 0 Å². The molecule has 0 aliphatic carbocycles. The zero-order valence-corrected chi connectivity index (χ0v) is 8.89. The van der Waals surface area contributed by atoms with Crippen molar-refractivity contribution in [3.8, 4) is 0 Å². The molecular weight excluding hydrogens is 188 g/mol. The Kier molecular flexibility index (Phi) is 3.23. The van der Waals surface area contributed by atoms with Gasteiger partial charge in [0.05, 0.1) is 6.10 Å². The van der Waals surface area contributed by atoms with E-state index in [1.807, 2.05) is 6.07 Å². The number of rotatable bonds is 4. The van der Waals surface area contributed by atoms with Gasteiger partial charge in [-0.05, 0) is 31.0 Å². The Bertz CT molecular complexity index is 327. The van der Waals surface area contributed by atoms with Crippen molar-refractivity contribution in [1.82, 2.24) is 0 Å². The molecule has 1 unspecified atom stereocenters. The molecule has 3 N–H and O–H groups in total. The van der Waals surface area contributed by atoms with Crippen LogP contribution in [0.2, 0.25) is 0 Å². The number of aliphatic hydroxyl groups is 1. The Morgan fingerprint density at radius 3 is 3.00 bits per heavy atom. The molecule has 1 aliphatic heterocycles. The molecule has 0 radical (unpaired) electrons.